The SMILES string of the molecule is CN(C)Cc1cc(OC2CCC(N3CC(CN)(n4cc(-c5ncnc6[nH]ccc56)cn4)C3)CC2)nc(C(F)(F)F)n1. The molecule has 0 amide bonds. The number of nitrogens with two attached hydrogens (primary N) is 1. The lowest BCUT2D eigenvalue weighted by molar-refractivity contribution is -0.145. The third-order valence-corrected chi connectivity index (χ3v) is 8.01. The number of fused-ring (bicyclic) bond motifs is 1. The Morgan fingerprint density at radius 1 is 1.15 bits per heavy atom. The molecule has 1 aliphatic carbocycles. The lowest BCUT2D eigenvalue weighted by Crippen LogP contribution is -2.68. The molecule has 11 nitrogen and oxygen atoms in total. The van der Waals surface area contributed by atoms with Crippen LogP contribution in [0.25, 0.3) is 22.3 Å². The van der Waals surface area contributed by atoms with Crippen molar-refractivity contribution in [1.82, 2.24) is 44.5 Å². The van der Waals surface area contributed by atoms with Crippen molar-refractivity contribution < 1.29 is 17.9 Å². The van der Waals surface area contributed by atoms with E-state index in [0.29, 0.717) is 12.6 Å². The van der Waals surface area contributed by atoms with E-state index in [0.717, 1.165) is 61.1 Å². The van der Waals surface area contributed by atoms with Crippen LogP contribution in [0, 0.1) is 0 Å². The summed E-state index contributed by atoms with van der Waals surface area (Å²) in [5.74, 6) is -1.19. The molecule has 0 spiro atoms. The molecule has 2 fully saturated rings. The zero-order valence-corrected chi connectivity index (χ0v) is 23.0. The third-order valence-electron chi connectivity index (χ3n) is 8.01. The molecule has 4 aromatic heterocycles. The fraction of sp³-hybridized carbons (Fsp3) is 0.519. The van der Waals surface area contributed by atoms with Crippen molar-refractivity contribution in [1.29, 1.82) is 0 Å². The smallest absolute Gasteiger partial charge is 0.451 e. The molecule has 0 aromatic carbocycles. The molecule has 1 saturated carbocycles. The maximum Gasteiger partial charge on any atom is 0.451 e. The number of ether oxygens (including phenoxy) is 1. The number of rotatable bonds is 8. The molecule has 2 aliphatic rings. The van der Waals surface area contributed by atoms with E-state index in [9.17, 15) is 13.2 Å². The monoisotopic (exact) mass is 570 g/mol. The number of hydrogen-bond acceptors (Lipinski definition) is 9. The van der Waals surface area contributed by atoms with Gasteiger partial charge in [0.15, 0.2) is 0 Å². The minimum atomic E-state index is -4.64. The third kappa shape index (κ3) is 5.51. The van der Waals surface area contributed by atoms with Gasteiger partial charge in [-0.2, -0.15) is 23.3 Å². The first kappa shape index (κ1) is 27.5. The zero-order valence-electron chi connectivity index (χ0n) is 23.0. The Labute approximate surface area is 234 Å². The molecule has 3 N–H and O–H groups in total. The van der Waals surface area contributed by atoms with Crippen molar-refractivity contribution in [2.75, 3.05) is 33.7 Å². The fourth-order valence-corrected chi connectivity index (χ4v) is 5.91. The molecule has 5 heterocycles. The van der Waals surface area contributed by atoms with Gasteiger partial charge in [-0.05, 0) is 45.8 Å². The summed E-state index contributed by atoms with van der Waals surface area (Å²) >= 11 is 0. The number of aromatic amines is 1. The van der Waals surface area contributed by atoms with Crippen LogP contribution >= 0.6 is 0 Å². The first-order chi connectivity index (χ1) is 19.6. The molecule has 41 heavy (non-hydrogen) atoms. The Bertz CT molecular complexity index is 1500. The van der Waals surface area contributed by atoms with Gasteiger partial charge in [-0.1, -0.05) is 0 Å². The Hall–Kier alpha value is -3.62. The molecule has 0 unspecified atom stereocenters. The van der Waals surface area contributed by atoms with Crippen LogP contribution in [0.5, 0.6) is 5.88 Å². The van der Waals surface area contributed by atoms with Crippen molar-refractivity contribution in [3.63, 3.8) is 0 Å². The summed E-state index contributed by atoms with van der Waals surface area (Å²) in [6.07, 6.45) is 5.60. The van der Waals surface area contributed by atoms with Crippen LogP contribution in [-0.2, 0) is 18.3 Å². The molecule has 0 bridgehead atoms. The molecule has 6 rings (SSSR count). The van der Waals surface area contributed by atoms with Crippen LogP contribution in [0.2, 0.25) is 0 Å². The molecule has 14 heteroatoms. The maximum absolute atomic E-state index is 13.4. The fourth-order valence-electron chi connectivity index (χ4n) is 5.91. The first-order valence-corrected chi connectivity index (χ1v) is 13.7. The topological polar surface area (TPSA) is 127 Å². The highest BCUT2D eigenvalue weighted by Crippen LogP contribution is 2.37. The van der Waals surface area contributed by atoms with E-state index < -0.39 is 12.0 Å². The van der Waals surface area contributed by atoms with Crippen molar-refractivity contribution >= 4 is 11.0 Å². The van der Waals surface area contributed by atoms with Crippen LogP contribution < -0.4 is 10.5 Å². The molecular formula is C27H33F3N10O. The molecule has 218 valence electrons. The number of likely N-dealkylation sites (tertiary alicyclic amines) is 1. The molecule has 0 atom stereocenters. The van der Waals surface area contributed by atoms with Crippen LogP contribution in [0.1, 0.15) is 37.2 Å². The first-order valence-electron chi connectivity index (χ1n) is 13.7. The second-order valence-corrected chi connectivity index (χ2v) is 11.3. The molecule has 1 saturated heterocycles. The minimum absolute atomic E-state index is 0.0196. The number of halogens is 3. The summed E-state index contributed by atoms with van der Waals surface area (Å²) in [7, 11) is 3.55. The van der Waals surface area contributed by atoms with E-state index in [4.69, 9.17) is 10.5 Å². The number of hydrogen-bond donors (Lipinski definition) is 2. The Morgan fingerprint density at radius 2 is 1.93 bits per heavy atom. The number of nitrogens with zero attached hydrogens (tertiary/aromatic N) is 8. The van der Waals surface area contributed by atoms with Gasteiger partial charge in [-0.15, -0.1) is 0 Å². The average Bonchev–Trinajstić information content (AvgIpc) is 3.59. The lowest BCUT2D eigenvalue weighted by Gasteiger charge is -2.53. The van der Waals surface area contributed by atoms with E-state index >= 15 is 0 Å². The van der Waals surface area contributed by atoms with Crippen molar-refractivity contribution in [2.45, 2.75) is 56.1 Å². The number of H-pyrrole nitrogens is 1. The van der Waals surface area contributed by atoms with E-state index in [1.165, 1.54) is 12.4 Å². The van der Waals surface area contributed by atoms with Crippen molar-refractivity contribution in [3.8, 4) is 17.1 Å². The Morgan fingerprint density at radius 3 is 2.63 bits per heavy atom. The lowest BCUT2D eigenvalue weighted by atomic mass is 9.83. The summed E-state index contributed by atoms with van der Waals surface area (Å²) in [5, 5.41) is 5.60. The predicted molar refractivity (Wildman–Crippen MR) is 145 cm³/mol. The van der Waals surface area contributed by atoms with E-state index in [2.05, 4.69) is 34.9 Å². The molecule has 4 aromatic rings. The van der Waals surface area contributed by atoms with Gasteiger partial charge in [-0.25, -0.2) is 15.0 Å². The maximum atomic E-state index is 13.4. The van der Waals surface area contributed by atoms with Crippen LogP contribution in [0.4, 0.5) is 13.2 Å². The van der Waals surface area contributed by atoms with Crippen molar-refractivity contribution in [2.24, 2.45) is 5.73 Å². The quantitative estimate of drug-likeness (QED) is 0.329. The highest BCUT2D eigenvalue weighted by atomic mass is 19.4. The molecule has 0 radical (unpaired) electrons. The van der Waals surface area contributed by atoms with Gasteiger partial charge in [0.25, 0.3) is 0 Å². The second kappa shape index (κ2) is 10.7. The zero-order chi connectivity index (χ0) is 28.8. The summed E-state index contributed by atoms with van der Waals surface area (Å²) < 4.78 is 48.1. The summed E-state index contributed by atoms with van der Waals surface area (Å²) in [6, 6.07) is 3.81. The van der Waals surface area contributed by atoms with Crippen molar-refractivity contribution in [3.05, 3.63) is 48.6 Å². The summed E-state index contributed by atoms with van der Waals surface area (Å²) in [4.78, 5) is 23.4. The van der Waals surface area contributed by atoms with E-state index in [1.54, 1.807) is 19.0 Å². The van der Waals surface area contributed by atoms with Gasteiger partial charge in [-0.3, -0.25) is 9.58 Å². The van der Waals surface area contributed by atoms with E-state index in [-0.39, 0.29) is 29.8 Å². The van der Waals surface area contributed by atoms with Gasteiger partial charge in [0.1, 0.15) is 23.6 Å². The van der Waals surface area contributed by atoms with Gasteiger partial charge in [0, 0.05) is 61.6 Å². The normalized spacial score (nSPS) is 21.3. The van der Waals surface area contributed by atoms with Crippen LogP contribution in [-0.4, -0.2) is 90.4 Å². The highest BCUT2D eigenvalue weighted by molar-refractivity contribution is 5.89. The van der Waals surface area contributed by atoms with Gasteiger partial charge < -0.3 is 20.4 Å². The predicted octanol–water partition coefficient (Wildman–Crippen LogP) is 3.05. The van der Waals surface area contributed by atoms with Gasteiger partial charge in [0.05, 0.1) is 17.6 Å². The van der Waals surface area contributed by atoms with Crippen LogP contribution in [0.3, 0.4) is 0 Å². The minimum Gasteiger partial charge on any atom is -0.474 e. The standard InChI is InChI=1S/C27H33F3N10O/c1-38(2)12-18-9-22(37-25(36-18)27(28,29)30)41-20-5-3-19(4-6-20)39-14-26(13-31,15-39)40-11-17(10-35-40)23-21-7-8-32-24(21)34-16-33-23/h7-11,16,19-20H,3-6,12-15,31H2,1-2H3,(H,32,33,34). The van der Waals surface area contributed by atoms with Gasteiger partial charge >= 0.3 is 6.18 Å². The number of aromatic nitrogens is 7. The molecule has 1 aliphatic heterocycles. The summed E-state index contributed by atoms with van der Waals surface area (Å²) in [5.41, 5.74) is 8.76. The molecular weight excluding hydrogens is 537 g/mol. The number of nitrogens with one attached hydrogen (secondary N) is 1. The Kier molecular flexibility index (Phi) is 7.16. The van der Waals surface area contributed by atoms with Gasteiger partial charge in [0.2, 0.25) is 11.7 Å². The van der Waals surface area contributed by atoms with E-state index in [1.807, 2.05) is 29.3 Å². The Balaban J connectivity index is 1.07. The summed E-state index contributed by atoms with van der Waals surface area (Å²) in [6.45, 7) is 2.27. The highest BCUT2D eigenvalue weighted by Gasteiger charge is 2.47. The average molecular weight is 571 g/mol. The number of alkyl halides is 3. The second-order valence-electron chi connectivity index (χ2n) is 11.3. The largest absolute Gasteiger partial charge is 0.474 e. The van der Waals surface area contributed by atoms with Crippen LogP contribution in [0.15, 0.2) is 37.1 Å².